The van der Waals surface area contributed by atoms with Gasteiger partial charge in [-0.25, -0.2) is 0 Å². The average molecular weight is 873 g/mol. The highest BCUT2D eigenvalue weighted by Crippen LogP contribution is 2.13. The van der Waals surface area contributed by atoms with E-state index in [1.807, 2.05) is 12.2 Å². The Morgan fingerprint density at radius 1 is 0.333 bits per heavy atom. The molecule has 0 bridgehead atoms. The van der Waals surface area contributed by atoms with Gasteiger partial charge in [0.15, 0.2) is 6.10 Å². The molecule has 0 aliphatic carbocycles. The first-order chi connectivity index (χ1) is 31.0. The number of hydrogen-bond acceptors (Lipinski definition) is 6. The molecular formula is C57H92O6. The molecule has 0 amide bonds. The van der Waals surface area contributed by atoms with Crippen molar-refractivity contribution < 1.29 is 28.6 Å². The highest BCUT2D eigenvalue weighted by Gasteiger charge is 2.19. The zero-order chi connectivity index (χ0) is 45.8. The van der Waals surface area contributed by atoms with Crippen LogP contribution in [0.4, 0.5) is 0 Å². The third kappa shape index (κ3) is 49.0. The highest BCUT2D eigenvalue weighted by atomic mass is 16.6. The summed E-state index contributed by atoms with van der Waals surface area (Å²) in [5.74, 6) is -1.03. The maximum atomic E-state index is 12.8. The number of allylic oxidation sites excluding steroid dienone is 18. The fourth-order valence-electron chi connectivity index (χ4n) is 6.50. The van der Waals surface area contributed by atoms with Crippen LogP contribution >= 0.6 is 0 Å². The monoisotopic (exact) mass is 873 g/mol. The Balaban J connectivity index is 4.52. The Kier molecular flexibility index (Phi) is 47.5. The Morgan fingerprint density at radius 2 is 0.651 bits per heavy atom. The molecule has 0 spiro atoms. The van der Waals surface area contributed by atoms with Crippen LogP contribution in [0, 0.1) is 0 Å². The highest BCUT2D eigenvalue weighted by molar-refractivity contribution is 5.71. The van der Waals surface area contributed by atoms with Crippen molar-refractivity contribution in [2.75, 3.05) is 13.2 Å². The van der Waals surface area contributed by atoms with Crippen LogP contribution in [-0.2, 0) is 28.6 Å². The molecule has 0 saturated heterocycles. The average Bonchev–Trinajstić information content (AvgIpc) is 3.28. The molecule has 6 nitrogen and oxygen atoms in total. The van der Waals surface area contributed by atoms with Crippen molar-refractivity contribution in [3.05, 3.63) is 109 Å². The lowest BCUT2D eigenvalue weighted by atomic mass is 10.1. The standard InChI is InChI=1S/C57H92O6/c1-4-7-10-13-16-19-22-25-27-29-31-32-35-38-41-44-47-50-56(59)62-53-54(52-61-55(58)49-46-43-40-37-34-24-21-18-15-12-9-6-3)63-57(60)51-48-45-42-39-36-33-30-28-26-23-20-17-14-11-8-5-2/h8-9,11-12,16-21,25-28,33,36,42,45,54H,4-7,10,13-15,22-24,29-32,34-35,37-41,43-44,46-53H2,1-3H3/b11-8-,12-9-,19-16-,20-17-,21-18-,27-25-,28-26-,36-33-,45-42-. The number of unbranched alkanes of at least 4 members (excludes halogenated alkanes) is 15. The van der Waals surface area contributed by atoms with E-state index in [2.05, 4.69) is 118 Å². The van der Waals surface area contributed by atoms with E-state index in [4.69, 9.17) is 14.2 Å². The zero-order valence-electron chi connectivity index (χ0n) is 40.5. The van der Waals surface area contributed by atoms with E-state index in [0.717, 1.165) is 116 Å². The summed E-state index contributed by atoms with van der Waals surface area (Å²) in [7, 11) is 0. The fraction of sp³-hybridized carbons (Fsp3) is 0.632. The molecule has 0 aromatic carbocycles. The van der Waals surface area contributed by atoms with Crippen molar-refractivity contribution in [1.82, 2.24) is 0 Å². The molecule has 1 atom stereocenters. The molecule has 63 heavy (non-hydrogen) atoms. The van der Waals surface area contributed by atoms with Crippen LogP contribution in [0.5, 0.6) is 0 Å². The summed E-state index contributed by atoms with van der Waals surface area (Å²) in [6.07, 6.45) is 68.0. The van der Waals surface area contributed by atoms with E-state index in [9.17, 15) is 14.4 Å². The molecule has 0 saturated carbocycles. The first kappa shape index (κ1) is 59.1. The molecule has 0 radical (unpaired) electrons. The zero-order valence-corrected chi connectivity index (χ0v) is 40.5. The Morgan fingerprint density at radius 3 is 1.03 bits per heavy atom. The molecule has 0 fully saturated rings. The predicted octanol–water partition coefficient (Wildman–Crippen LogP) is 16.8. The van der Waals surface area contributed by atoms with Crippen LogP contribution in [0.15, 0.2) is 109 Å². The maximum absolute atomic E-state index is 12.8. The lowest BCUT2D eigenvalue weighted by molar-refractivity contribution is -0.166. The van der Waals surface area contributed by atoms with Gasteiger partial charge in [-0.1, -0.05) is 194 Å². The summed E-state index contributed by atoms with van der Waals surface area (Å²) in [6, 6.07) is 0. The van der Waals surface area contributed by atoms with Crippen LogP contribution in [0.25, 0.3) is 0 Å². The molecule has 1 unspecified atom stereocenters. The molecule has 356 valence electrons. The summed E-state index contributed by atoms with van der Waals surface area (Å²) in [5.41, 5.74) is 0. The molecule has 0 N–H and O–H groups in total. The smallest absolute Gasteiger partial charge is 0.306 e. The molecule has 0 aliphatic rings. The third-order valence-electron chi connectivity index (χ3n) is 10.3. The molecule has 0 aliphatic heterocycles. The van der Waals surface area contributed by atoms with Gasteiger partial charge in [0.25, 0.3) is 0 Å². The van der Waals surface area contributed by atoms with Gasteiger partial charge in [-0.15, -0.1) is 0 Å². The summed E-state index contributed by atoms with van der Waals surface area (Å²) in [4.78, 5) is 37.9. The number of carbonyl (C=O) groups is 3. The molecule has 0 rings (SSSR count). The van der Waals surface area contributed by atoms with Gasteiger partial charge < -0.3 is 14.2 Å². The largest absolute Gasteiger partial charge is 0.462 e. The second-order valence-corrected chi connectivity index (χ2v) is 16.3. The van der Waals surface area contributed by atoms with Crippen molar-refractivity contribution in [3.63, 3.8) is 0 Å². The lowest BCUT2D eigenvalue weighted by Gasteiger charge is -2.18. The minimum atomic E-state index is -0.828. The molecular weight excluding hydrogens is 781 g/mol. The first-order valence-corrected chi connectivity index (χ1v) is 25.4. The summed E-state index contributed by atoms with van der Waals surface area (Å²) < 4.78 is 16.7. The van der Waals surface area contributed by atoms with E-state index >= 15 is 0 Å². The van der Waals surface area contributed by atoms with Crippen LogP contribution in [0.3, 0.4) is 0 Å². The van der Waals surface area contributed by atoms with Gasteiger partial charge in [0.2, 0.25) is 0 Å². The topological polar surface area (TPSA) is 78.9 Å². The van der Waals surface area contributed by atoms with Crippen molar-refractivity contribution >= 4 is 17.9 Å². The molecule has 6 heteroatoms. The van der Waals surface area contributed by atoms with Crippen molar-refractivity contribution in [3.8, 4) is 0 Å². The van der Waals surface area contributed by atoms with E-state index in [0.29, 0.717) is 19.3 Å². The van der Waals surface area contributed by atoms with Gasteiger partial charge in [-0.2, -0.15) is 0 Å². The molecule has 0 aromatic rings. The van der Waals surface area contributed by atoms with E-state index in [1.165, 1.54) is 51.4 Å². The van der Waals surface area contributed by atoms with Gasteiger partial charge in [0.05, 0.1) is 0 Å². The summed E-state index contributed by atoms with van der Waals surface area (Å²) >= 11 is 0. The Hall–Kier alpha value is -3.93. The number of hydrogen-bond donors (Lipinski definition) is 0. The second-order valence-electron chi connectivity index (χ2n) is 16.3. The molecule has 0 aromatic heterocycles. The predicted molar refractivity (Wildman–Crippen MR) is 270 cm³/mol. The lowest BCUT2D eigenvalue weighted by Crippen LogP contribution is -2.30. The summed E-state index contributed by atoms with van der Waals surface area (Å²) in [6.45, 7) is 6.29. The third-order valence-corrected chi connectivity index (χ3v) is 10.3. The van der Waals surface area contributed by atoms with Gasteiger partial charge in [-0.3, -0.25) is 14.4 Å². The van der Waals surface area contributed by atoms with Crippen molar-refractivity contribution in [1.29, 1.82) is 0 Å². The quantitative estimate of drug-likeness (QED) is 0.0263. The normalized spacial score (nSPS) is 13.0. The van der Waals surface area contributed by atoms with Gasteiger partial charge in [0, 0.05) is 19.3 Å². The second kappa shape index (κ2) is 50.7. The van der Waals surface area contributed by atoms with Crippen LogP contribution in [0.2, 0.25) is 0 Å². The fourth-order valence-corrected chi connectivity index (χ4v) is 6.50. The number of rotatable bonds is 44. The Bertz CT molecular complexity index is 1330. The number of carbonyl (C=O) groups excluding carboxylic acids is 3. The van der Waals surface area contributed by atoms with E-state index in [-0.39, 0.29) is 31.6 Å². The minimum Gasteiger partial charge on any atom is -0.462 e. The van der Waals surface area contributed by atoms with Crippen LogP contribution in [0.1, 0.15) is 213 Å². The van der Waals surface area contributed by atoms with Crippen molar-refractivity contribution in [2.45, 2.75) is 219 Å². The van der Waals surface area contributed by atoms with E-state index in [1.54, 1.807) is 0 Å². The maximum Gasteiger partial charge on any atom is 0.306 e. The number of ether oxygens (including phenoxy) is 3. The van der Waals surface area contributed by atoms with Crippen LogP contribution in [-0.4, -0.2) is 37.2 Å². The van der Waals surface area contributed by atoms with E-state index < -0.39 is 12.1 Å². The van der Waals surface area contributed by atoms with Gasteiger partial charge in [0.1, 0.15) is 13.2 Å². The number of esters is 3. The Labute approximate surface area is 387 Å². The van der Waals surface area contributed by atoms with Gasteiger partial charge >= 0.3 is 17.9 Å². The SMILES string of the molecule is CC/C=C\C/C=C\C/C=C\C/C=C\C/C=C\CCC(=O)OC(COC(=O)CCCCCCC/C=C\C/C=C\CC)COC(=O)CCCCCCCCC/C=C\C/C=C\CCCCC. The minimum absolute atomic E-state index is 0.118. The van der Waals surface area contributed by atoms with Gasteiger partial charge in [-0.05, 0) is 109 Å². The van der Waals surface area contributed by atoms with Crippen molar-refractivity contribution in [2.24, 2.45) is 0 Å². The first-order valence-electron chi connectivity index (χ1n) is 25.4. The summed E-state index contributed by atoms with van der Waals surface area (Å²) in [5, 5.41) is 0. The molecule has 0 heterocycles. The van der Waals surface area contributed by atoms with Crippen LogP contribution < -0.4 is 0 Å².